The van der Waals surface area contributed by atoms with Crippen LogP contribution < -0.4 is 10.1 Å². The first-order chi connectivity index (χ1) is 11.1. The van der Waals surface area contributed by atoms with E-state index in [1.165, 1.54) is 7.11 Å². The van der Waals surface area contributed by atoms with Crippen LogP contribution in [0, 0.1) is 6.92 Å². The third-order valence-corrected chi connectivity index (χ3v) is 3.77. The number of benzene rings is 1. The quantitative estimate of drug-likeness (QED) is 0.747. The number of H-pyrrole nitrogens is 1. The molecule has 120 valence electrons. The molecular weight excluding hydrogens is 320 g/mol. The summed E-state index contributed by atoms with van der Waals surface area (Å²) in [6.45, 7) is 1.79. The van der Waals surface area contributed by atoms with E-state index in [0.29, 0.717) is 23.8 Å². The lowest BCUT2D eigenvalue weighted by Crippen LogP contribution is -2.12. The van der Waals surface area contributed by atoms with Gasteiger partial charge in [0, 0.05) is 17.7 Å². The normalized spacial score (nSPS) is 10.9. The van der Waals surface area contributed by atoms with Crippen LogP contribution in [-0.2, 0) is 11.2 Å². The minimum atomic E-state index is -0.118. The molecule has 0 unspecified atom stereocenters. The minimum Gasteiger partial charge on any atom is -0.468 e. The highest BCUT2D eigenvalue weighted by atomic mass is 35.5. The molecule has 0 saturated heterocycles. The molecule has 0 aliphatic heterocycles. The Morgan fingerprint density at radius 1 is 1.48 bits per heavy atom. The summed E-state index contributed by atoms with van der Waals surface area (Å²) in [5.41, 5.74) is 3.70. The number of amides is 1. The van der Waals surface area contributed by atoms with Crippen LogP contribution in [0.1, 0.15) is 17.7 Å². The molecule has 7 nitrogen and oxygen atoms in total. The second-order valence-corrected chi connectivity index (χ2v) is 5.39. The number of aryl methyl sites for hydroxylation is 1. The summed E-state index contributed by atoms with van der Waals surface area (Å²) in [5, 5.41) is 6.84. The molecule has 2 N–H and O–H groups in total. The Balaban J connectivity index is 1.65. The van der Waals surface area contributed by atoms with Gasteiger partial charge in [-0.3, -0.25) is 4.79 Å². The molecule has 3 aromatic rings. The fraction of sp³-hybridized carbons (Fsp3) is 0.267. The maximum Gasteiger partial charge on any atom is 0.294 e. The number of fused-ring (bicyclic) bond motifs is 1. The first-order valence-corrected chi connectivity index (χ1v) is 7.39. The maximum absolute atomic E-state index is 12.1. The summed E-state index contributed by atoms with van der Waals surface area (Å²) in [6.07, 6.45) is 0.756. The number of nitrogens with zero attached hydrogens (tertiary/aromatic N) is 2. The van der Waals surface area contributed by atoms with Crippen molar-refractivity contribution in [3.8, 4) is 6.01 Å². The zero-order valence-electron chi connectivity index (χ0n) is 12.6. The van der Waals surface area contributed by atoms with Gasteiger partial charge in [0.1, 0.15) is 0 Å². The van der Waals surface area contributed by atoms with Crippen molar-refractivity contribution in [2.75, 3.05) is 12.4 Å². The van der Waals surface area contributed by atoms with Crippen molar-refractivity contribution in [2.24, 2.45) is 0 Å². The van der Waals surface area contributed by atoms with Gasteiger partial charge in [0.15, 0.2) is 0 Å². The molecule has 1 aromatic carbocycles. The van der Waals surface area contributed by atoms with E-state index in [4.69, 9.17) is 20.9 Å². The molecule has 0 bridgehead atoms. The lowest BCUT2D eigenvalue weighted by molar-refractivity contribution is -0.116. The van der Waals surface area contributed by atoms with Crippen LogP contribution in [0.25, 0.3) is 11.0 Å². The summed E-state index contributed by atoms with van der Waals surface area (Å²) in [4.78, 5) is 19.3. The summed E-state index contributed by atoms with van der Waals surface area (Å²) in [7, 11) is 1.54. The fourth-order valence-electron chi connectivity index (χ4n) is 2.26. The second kappa shape index (κ2) is 6.29. The molecule has 2 aromatic heterocycles. The molecule has 0 aliphatic rings. The van der Waals surface area contributed by atoms with Crippen LogP contribution >= 0.6 is 11.6 Å². The van der Waals surface area contributed by atoms with E-state index >= 15 is 0 Å². The first kappa shape index (κ1) is 15.4. The average molecular weight is 335 g/mol. The number of hydrogen-bond acceptors (Lipinski definition) is 5. The number of aromatic amines is 1. The number of hydrogen-bond donors (Lipinski definition) is 2. The number of aromatic nitrogens is 3. The van der Waals surface area contributed by atoms with Crippen molar-refractivity contribution in [3.63, 3.8) is 0 Å². The van der Waals surface area contributed by atoms with Crippen LogP contribution in [0.4, 0.5) is 5.69 Å². The van der Waals surface area contributed by atoms with E-state index in [9.17, 15) is 4.79 Å². The number of anilines is 1. The number of nitrogens with one attached hydrogen (secondary N) is 2. The van der Waals surface area contributed by atoms with Crippen molar-refractivity contribution in [1.29, 1.82) is 0 Å². The Morgan fingerprint density at radius 3 is 3.00 bits per heavy atom. The van der Waals surface area contributed by atoms with Gasteiger partial charge in [-0.25, -0.2) is 0 Å². The van der Waals surface area contributed by atoms with E-state index in [-0.39, 0.29) is 17.5 Å². The zero-order chi connectivity index (χ0) is 16.4. The monoisotopic (exact) mass is 334 g/mol. The van der Waals surface area contributed by atoms with Gasteiger partial charge in [0.05, 0.1) is 23.8 Å². The van der Waals surface area contributed by atoms with Gasteiger partial charge in [0.25, 0.3) is 6.01 Å². The molecule has 0 spiro atoms. The van der Waals surface area contributed by atoms with Crippen LogP contribution in [0.2, 0.25) is 5.22 Å². The molecule has 3 rings (SSSR count). The Kier molecular flexibility index (Phi) is 4.20. The van der Waals surface area contributed by atoms with Gasteiger partial charge in [-0.15, -0.1) is 0 Å². The Labute approximate surface area is 137 Å². The SMILES string of the molecule is COc1nc2ccc(NC(=O)CCc3c(C)noc3Cl)cc2[nH]1. The van der Waals surface area contributed by atoms with Crippen molar-refractivity contribution < 1.29 is 14.1 Å². The van der Waals surface area contributed by atoms with Gasteiger partial charge in [0.2, 0.25) is 11.1 Å². The van der Waals surface area contributed by atoms with Crippen molar-refractivity contribution in [2.45, 2.75) is 19.8 Å². The number of carbonyl (C=O) groups is 1. The number of rotatable bonds is 5. The molecule has 23 heavy (non-hydrogen) atoms. The molecule has 8 heteroatoms. The lowest BCUT2D eigenvalue weighted by atomic mass is 10.1. The number of imidazole rings is 1. The minimum absolute atomic E-state index is 0.118. The van der Waals surface area contributed by atoms with Crippen LogP contribution in [0.15, 0.2) is 22.7 Å². The van der Waals surface area contributed by atoms with E-state index in [2.05, 4.69) is 20.4 Å². The maximum atomic E-state index is 12.1. The highest BCUT2D eigenvalue weighted by molar-refractivity contribution is 6.29. The molecule has 1 amide bonds. The van der Waals surface area contributed by atoms with Gasteiger partial charge in [-0.1, -0.05) is 5.16 Å². The molecular formula is C15H15ClN4O3. The fourth-order valence-corrected chi connectivity index (χ4v) is 2.53. The summed E-state index contributed by atoms with van der Waals surface area (Å²) in [5.74, 6) is -0.118. The predicted molar refractivity (Wildman–Crippen MR) is 85.8 cm³/mol. The van der Waals surface area contributed by atoms with Gasteiger partial charge in [-0.2, -0.15) is 4.98 Å². The van der Waals surface area contributed by atoms with E-state index in [1.807, 2.05) is 6.07 Å². The molecule has 0 fully saturated rings. The van der Waals surface area contributed by atoms with E-state index < -0.39 is 0 Å². The molecule has 0 atom stereocenters. The first-order valence-electron chi connectivity index (χ1n) is 7.01. The highest BCUT2D eigenvalue weighted by Gasteiger charge is 2.13. The van der Waals surface area contributed by atoms with Crippen molar-refractivity contribution in [3.05, 3.63) is 34.7 Å². The standard InChI is InChI=1S/C15H15ClN4O3/c1-8-10(14(16)23-20-8)4-6-13(21)17-9-3-5-11-12(7-9)19-15(18-11)22-2/h3,5,7H,4,6H2,1-2H3,(H,17,21)(H,18,19). The van der Waals surface area contributed by atoms with Crippen molar-refractivity contribution >= 4 is 34.2 Å². The van der Waals surface area contributed by atoms with Crippen LogP contribution in [-0.4, -0.2) is 28.1 Å². The summed E-state index contributed by atoms with van der Waals surface area (Å²) >= 11 is 5.89. The number of halogens is 1. The zero-order valence-corrected chi connectivity index (χ0v) is 13.4. The molecule has 0 aliphatic carbocycles. The van der Waals surface area contributed by atoms with E-state index in [0.717, 1.165) is 16.6 Å². The highest BCUT2D eigenvalue weighted by Crippen LogP contribution is 2.22. The third-order valence-electron chi connectivity index (χ3n) is 3.48. The molecule has 2 heterocycles. The largest absolute Gasteiger partial charge is 0.468 e. The second-order valence-electron chi connectivity index (χ2n) is 5.05. The number of carbonyl (C=O) groups excluding carboxylic acids is 1. The van der Waals surface area contributed by atoms with Crippen LogP contribution in [0.5, 0.6) is 6.01 Å². The number of ether oxygens (including phenoxy) is 1. The average Bonchev–Trinajstić information content (AvgIpc) is 3.08. The van der Waals surface area contributed by atoms with E-state index in [1.54, 1.807) is 19.1 Å². The van der Waals surface area contributed by atoms with Gasteiger partial charge < -0.3 is 19.6 Å². The van der Waals surface area contributed by atoms with Gasteiger partial charge >= 0.3 is 0 Å². The topological polar surface area (TPSA) is 93.0 Å². The molecule has 0 saturated carbocycles. The van der Waals surface area contributed by atoms with Crippen LogP contribution in [0.3, 0.4) is 0 Å². The number of methoxy groups -OCH3 is 1. The Hall–Kier alpha value is -2.54. The summed E-state index contributed by atoms with van der Waals surface area (Å²) < 4.78 is 9.91. The smallest absolute Gasteiger partial charge is 0.294 e. The molecule has 0 radical (unpaired) electrons. The Morgan fingerprint density at radius 2 is 2.30 bits per heavy atom. The lowest BCUT2D eigenvalue weighted by Gasteiger charge is -2.05. The Bertz CT molecular complexity index is 836. The predicted octanol–water partition coefficient (Wildman–Crippen LogP) is 3.09. The van der Waals surface area contributed by atoms with Gasteiger partial charge in [-0.05, 0) is 43.1 Å². The summed E-state index contributed by atoms with van der Waals surface area (Å²) in [6, 6.07) is 5.84. The van der Waals surface area contributed by atoms with Crippen molar-refractivity contribution in [1.82, 2.24) is 15.1 Å². The third kappa shape index (κ3) is 3.29.